The molecule has 0 aliphatic rings. The monoisotopic (exact) mass is 302 g/mol. The van der Waals surface area contributed by atoms with Crippen LogP contribution in [0.3, 0.4) is 0 Å². The van der Waals surface area contributed by atoms with E-state index in [0.717, 1.165) is 32.6 Å². The molecule has 0 aliphatic carbocycles. The first-order valence-electron chi connectivity index (χ1n) is 7.66. The molecule has 0 saturated heterocycles. The van der Waals surface area contributed by atoms with Crippen molar-refractivity contribution in [1.82, 2.24) is 0 Å². The smallest absolute Gasteiger partial charge is 0.376 e. The average molecular weight is 302 g/mol. The number of halogens is 3. The SMILES string of the molecule is CCCCc1cccc(CCCC)c1C(C)(O)C(F)(F)F. The molecule has 1 nitrogen and oxygen atoms in total. The van der Waals surface area contributed by atoms with Crippen LogP contribution in [0, 0.1) is 0 Å². The number of hydrogen-bond acceptors (Lipinski definition) is 1. The van der Waals surface area contributed by atoms with Gasteiger partial charge in [0, 0.05) is 0 Å². The third-order valence-corrected chi connectivity index (χ3v) is 3.88. The van der Waals surface area contributed by atoms with Crippen molar-refractivity contribution < 1.29 is 18.3 Å². The summed E-state index contributed by atoms with van der Waals surface area (Å²) in [5, 5.41) is 10.2. The third-order valence-electron chi connectivity index (χ3n) is 3.88. The molecule has 0 aromatic heterocycles. The zero-order valence-corrected chi connectivity index (χ0v) is 13.1. The fourth-order valence-electron chi connectivity index (χ4n) is 2.57. The summed E-state index contributed by atoms with van der Waals surface area (Å²) in [6, 6.07) is 5.22. The molecule has 1 unspecified atom stereocenters. The van der Waals surface area contributed by atoms with Gasteiger partial charge in [0.05, 0.1) is 0 Å². The molecular weight excluding hydrogens is 277 g/mol. The normalized spacial score (nSPS) is 15.0. The summed E-state index contributed by atoms with van der Waals surface area (Å²) in [6.45, 7) is 4.87. The zero-order valence-electron chi connectivity index (χ0n) is 13.1. The van der Waals surface area contributed by atoms with Gasteiger partial charge >= 0.3 is 6.18 Å². The van der Waals surface area contributed by atoms with E-state index < -0.39 is 11.8 Å². The molecule has 0 bridgehead atoms. The third kappa shape index (κ3) is 4.22. The number of benzene rings is 1. The lowest BCUT2D eigenvalue weighted by Crippen LogP contribution is -2.41. The number of aliphatic hydroxyl groups is 1. The van der Waals surface area contributed by atoms with Gasteiger partial charge in [-0.25, -0.2) is 0 Å². The molecule has 1 aromatic rings. The van der Waals surface area contributed by atoms with E-state index in [2.05, 4.69) is 0 Å². The summed E-state index contributed by atoms with van der Waals surface area (Å²) in [4.78, 5) is 0. The summed E-state index contributed by atoms with van der Waals surface area (Å²) in [6.07, 6.45) is -0.0811. The highest BCUT2D eigenvalue weighted by Crippen LogP contribution is 2.42. The Bertz CT molecular complexity index is 424. The predicted molar refractivity (Wildman–Crippen MR) is 79.3 cm³/mol. The maximum atomic E-state index is 13.3. The highest BCUT2D eigenvalue weighted by Gasteiger charge is 2.52. The molecular formula is C17H25F3O. The van der Waals surface area contributed by atoms with Gasteiger partial charge in [0.15, 0.2) is 5.60 Å². The number of aryl methyl sites for hydroxylation is 2. The maximum Gasteiger partial charge on any atom is 0.421 e. The van der Waals surface area contributed by atoms with Crippen LogP contribution in [0.5, 0.6) is 0 Å². The van der Waals surface area contributed by atoms with Crippen molar-refractivity contribution in [1.29, 1.82) is 0 Å². The van der Waals surface area contributed by atoms with Gasteiger partial charge in [0.2, 0.25) is 0 Å². The molecule has 1 aromatic carbocycles. The van der Waals surface area contributed by atoms with Gasteiger partial charge in [-0.15, -0.1) is 0 Å². The van der Waals surface area contributed by atoms with Crippen molar-refractivity contribution in [2.45, 2.75) is 71.1 Å². The standard InChI is InChI=1S/C17H25F3O/c1-4-6-9-13-11-8-12-14(10-7-5-2)15(13)16(3,21)17(18,19)20/h8,11-12,21H,4-7,9-10H2,1-3H3. The van der Waals surface area contributed by atoms with E-state index in [4.69, 9.17) is 0 Å². The second kappa shape index (κ2) is 7.30. The van der Waals surface area contributed by atoms with Gasteiger partial charge in [-0.05, 0) is 49.3 Å². The van der Waals surface area contributed by atoms with Crippen LogP contribution in [0.2, 0.25) is 0 Å². The maximum absolute atomic E-state index is 13.3. The number of alkyl halides is 3. The van der Waals surface area contributed by atoms with Gasteiger partial charge in [-0.1, -0.05) is 44.9 Å². The first-order valence-corrected chi connectivity index (χ1v) is 7.66. The second-order valence-corrected chi connectivity index (χ2v) is 5.73. The number of hydrogen-bond donors (Lipinski definition) is 1. The highest BCUT2D eigenvalue weighted by molar-refractivity contribution is 5.41. The van der Waals surface area contributed by atoms with Crippen molar-refractivity contribution >= 4 is 0 Å². The van der Waals surface area contributed by atoms with Crippen LogP contribution in [0.15, 0.2) is 18.2 Å². The molecule has 0 fully saturated rings. The molecule has 0 saturated carbocycles. The van der Waals surface area contributed by atoms with Crippen molar-refractivity contribution in [3.63, 3.8) is 0 Å². The topological polar surface area (TPSA) is 20.2 Å². The van der Waals surface area contributed by atoms with E-state index in [1.54, 1.807) is 18.2 Å². The van der Waals surface area contributed by atoms with Gasteiger partial charge < -0.3 is 5.11 Å². The number of unbranched alkanes of at least 4 members (excludes halogenated alkanes) is 2. The Morgan fingerprint density at radius 1 is 0.952 bits per heavy atom. The van der Waals surface area contributed by atoms with Crippen LogP contribution < -0.4 is 0 Å². The van der Waals surface area contributed by atoms with Crippen molar-refractivity contribution in [2.24, 2.45) is 0 Å². The zero-order chi connectivity index (χ0) is 16.1. The lowest BCUT2D eigenvalue weighted by molar-refractivity contribution is -0.259. The van der Waals surface area contributed by atoms with Crippen LogP contribution in [-0.2, 0) is 18.4 Å². The van der Waals surface area contributed by atoms with Gasteiger partial charge in [0.1, 0.15) is 0 Å². The van der Waals surface area contributed by atoms with Gasteiger partial charge in [-0.3, -0.25) is 0 Å². The molecule has 1 atom stereocenters. The first-order chi connectivity index (χ1) is 9.75. The first kappa shape index (κ1) is 18.0. The lowest BCUT2D eigenvalue weighted by atomic mass is 9.83. The van der Waals surface area contributed by atoms with Crippen LogP contribution in [-0.4, -0.2) is 11.3 Å². The molecule has 0 amide bonds. The van der Waals surface area contributed by atoms with Gasteiger partial charge in [-0.2, -0.15) is 13.2 Å². The molecule has 120 valence electrons. The Hall–Kier alpha value is -1.03. The van der Waals surface area contributed by atoms with Crippen molar-refractivity contribution in [2.75, 3.05) is 0 Å². The van der Waals surface area contributed by atoms with Crippen LogP contribution in [0.4, 0.5) is 13.2 Å². The van der Waals surface area contributed by atoms with E-state index in [1.165, 1.54) is 0 Å². The quantitative estimate of drug-likeness (QED) is 0.739. The fraction of sp³-hybridized carbons (Fsp3) is 0.647. The van der Waals surface area contributed by atoms with Gasteiger partial charge in [0.25, 0.3) is 0 Å². The molecule has 21 heavy (non-hydrogen) atoms. The molecule has 0 radical (unpaired) electrons. The van der Waals surface area contributed by atoms with Crippen LogP contribution >= 0.6 is 0 Å². The highest BCUT2D eigenvalue weighted by atomic mass is 19.4. The van der Waals surface area contributed by atoms with Crippen molar-refractivity contribution in [3.8, 4) is 0 Å². The Kier molecular flexibility index (Phi) is 6.26. The van der Waals surface area contributed by atoms with Crippen LogP contribution in [0.25, 0.3) is 0 Å². The van der Waals surface area contributed by atoms with E-state index in [-0.39, 0.29) is 5.56 Å². The Morgan fingerprint density at radius 3 is 1.71 bits per heavy atom. The van der Waals surface area contributed by atoms with E-state index in [0.29, 0.717) is 24.0 Å². The second-order valence-electron chi connectivity index (χ2n) is 5.73. The Balaban J connectivity index is 3.34. The molecule has 0 heterocycles. The predicted octanol–water partition coefficient (Wildman–Crippen LogP) is 5.14. The lowest BCUT2D eigenvalue weighted by Gasteiger charge is -2.31. The molecule has 4 heteroatoms. The minimum atomic E-state index is -4.67. The van der Waals surface area contributed by atoms with Crippen LogP contribution in [0.1, 0.15) is 63.1 Å². The number of rotatable bonds is 7. The Morgan fingerprint density at radius 2 is 1.38 bits per heavy atom. The fourth-order valence-corrected chi connectivity index (χ4v) is 2.57. The minimum Gasteiger partial charge on any atom is -0.376 e. The summed E-state index contributed by atoms with van der Waals surface area (Å²) in [7, 11) is 0. The largest absolute Gasteiger partial charge is 0.421 e. The summed E-state index contributed by atoms with van der Waals surface area (Å²) < 4.78 is 39.8. The Labute approximate surface area is 125 Å². The van der Waals surface area contributed by atoms with E-state index in [1.807, 2.05) is 13.8 Å². The summed E-state index contributed by atoms with van der Waals surface area (Å²) in [5.74, 6) is 0. The summed E-state index contributed by atoms with van der Waals surface area (Å²) in [5.41, 5.74) is -1.49. The molecule has 0 aliphatic heterocycles. The van der Waals surface area contributed by atoms with Crippen molar-refractivity contribution in [3.05, 3.63) is 34.9 Å². The molecule has 1 rings (SSSR count). The van der Waals surface area contributed by atoms with E-state index in [9.17, 15) is 18.3 Å². The molecule has 1 N–H and O–H groups in total. The van der Waals surface area contributed by atoms with E-state index >= 15 is 0 Å². The summed E-state index contributed by atoms with van der Waals surface area (Å²) >= 11 is 0. The minimum absolute atomic E-state index is 0.0689. The average Bonchev–Trinajstić information content (AvgIpc) is 2.41. The molecule has 0 spiro atoms.